The van der Waals surface area contributed by atoms with Crippen LogP contribution in [0.25, 0.3) is 0 Å². The van der Waals surface area contributed by atoms with Gasteiger partial charge in [0, 0.05) is 31.0 Å². The molecule has 0 aliphatic rings. The smallest absolute Gasteiger partial charge is 0.272 e. The summed E-state index contributed by atoms with van der Waals surface area (Å²) in [7, 11) is 1.71. The van der Waals surface area contributed by atoms with Gasteiger partial charge in [-0.05, 0) is 36.8 Å². The first-order valence-electron chi connectivity index (χ1n) is 7.79. The van der Waals surface area contributed by atoms with Gasteiger partial charge < -0.3 is 10.2 Å². The lowest BCUT2D eigenvalue weighted by molar-refractivity contribution is 0.0787. The number of halogens is 1. The molecule has 0 unspecified atom stereocenters. The predicted octanol–water partition coefficient (Wildman–Crippen LogP) is 3.35. The first-order valence-corrected chi connectivity index (χ1v) is 7.79. The molecule has 0 spiro atoms. The second-order valence-corrected chi connectivity index (χ2v) is 5.47. The Morgan fingerprint density at radius 1 is 1.25 bits per heavy atom. The van der Waals surface area contributed by atoms with Crippen molar-refractivity contribution in [3.63, 3.8) is 0 Å². The SMILES string of the molecule is CCCCN(C)C(=O)c1cc(C(=O)Nc2cccc(F)c2)ccn1. The van der Waals surface area contributed by atoms with Crippen molar-refractivity contribution in [3.8, 4) is 0 Å². The Kier molecular flexibility index (Phi) is 6.01. The van der Waals surface area contributed by atoms with Crippen LogP contribution in [0, 0.1) is 5.82 Å². The van der Waals surface area contributed by atoms with Crippen LogP contribution in [0.1, 0.15) is 40.6 Å². The fraction of sp³-hybridized carbons (Fsp3) is 0.278. The molecule has 1 N–H and O–H groups in total. The summed E-state index contributed by atoms with van der Waals surface area (Å²) in [5.74, 6) is -1.09. The van der Waals surface area contributed by atoms with E-state index in [9.17, 15) is 14.0 Å². The highest BCUT2D eigenvalue weighted by atomic mass is 19.1. The minimum absolute atomic E-state index is 0.209. The molecular formula is C18H20FN3O2. The van der Waals surface area contributed by atoms with Crippen LogP contribution >= 0.6 is 0 Å². The maximum absolute atomic E-state index is 13.2. The third kappa shape index (κ3) is 4.62. The van der Waals surface area contributed by atoms with Crippen LogP contribution in [0.3, 0.4) is 0 Å². The fourth-order valence-electron chi connectivity index (χ4n) is 2.15. The first-order chi connectivity index (χ1) is 11.5. The number of hydrogen-bond donors (Lipinski definition) is 1. The van der Waals surface area contributed by atoms with Crippen LogP contribution in [0.15, 0.2) is 42.6 Å². The monoisotopic (exact) mass is 329 g/mol. The lowest BCUT2D eigenvalue weighted by Crippen LogP contribution is -2.28. The van der Waals surface area contributed by atoms with E-state index in [0.717, 1.165) is 12.8 Å². The van der Waals surface area contributed by atoms with Gasteiger partial charge in [0.05, 0.1) is 0 Å². The summed E-state index contributed by atoms with van der Waals surface area (Å²) in [6, 6.07) is 8.58. The standard InChI is InChI=1S/C18H20FN3O2/c1-3-4-10-22(2)18(24)16-11-13(8-9-20-16)17(23)21-15-7-5-6-14(19)12-15/h5-9,11-12H,3-4,10H2,1-2H3,(H,21,23). The second-order valence-electron chi connectivity index (χ2n) is 5.47. The quantitative estimate of drug-likeness (QED) is 0.884. The largest absolute Gasteiger partial charge is 0.340 e. The van der Waals surface area contributed by atoms with Gasteiger partial charge >= 0.3 is 0 Å². The van der Waals surface area contributed by atoms with Crippen LogP contribution in [-0.4, -0.2) is 35.3 Å². The molecule has 0 radical (unpaired) electrons. The third-order valence-corrected chi connectivity index (χ3v) is 3.52. The summed E-state index contributed by atoms with van der Waals surface area (Å²) in [4.78, 5) is 30.2. The molecule has 0 atom stereocenters. The summed E-state index contributed by atoms with van der Waals surface area (Å²) >= 11 is 0. The summed E-state index contributed by atoms with van der Waals surface area (Å²) in [6.07, 6.45) is 3.31. The summed E-state index contributed by atoms with van der Waals surface area (Å²) in [6.45, 7) is 2.69. The zero-order chi connectivity index (χ0) is 17.5. The molecule has 0 aliphatic carbocycles. The second kappa shape index (κ2) is 8.19. The molecule has 2 amide bonds. The van der Waals surface area contributed by atoms with E-state index in [4.69, 9.17) is 0 Å². The molecule has 6 heteroatoms. The van der Waals surface area contributed by atoms with Gasteiger partial charge in [-0.1, -0.05) is 19.4 Å². The van der Waals surface area contributed by atoms with Gasteiger partial charge in [-0.15, -0.1) is 0 Å². The lowest BCUT2D eigenvalue weighted by atomic mass is 10.2. The molecule has 1 aromatic heterocycles. The van der Waals surface area contributed by atoms with Crippen molar-refractivity contribution in [2.75, 3.05) is 18.9 Å². The molecule has 0 aliphatic heterocycles. The number of amides is 2. The Morgan fingerprint density at radius 3 is 2.75 bits per heavy atom. The fourth-order valence-corrected chi connectivity index (χ4v) is 2.15. The van der Waals surface area contributed by atoms with Gasteiger partial charge in [-0.25, -0.2) is 4.39 Å². The number of aromatic nitrogens is 1. The van der Waals surface area contributed by atoms with Crippen molar-refractivity contribution >= 4 is 17.5 Å². The average Bonchev–Trinajstić information content (AvgIpc) is 2.59. The molecular weight excluding hydrogens is 309 g/mol. The number of carbonyl (C=O) groups excluding carboxylic acids is 2. The Bertz CT molecular complexity index is 734. The number of nitrogens with zero attached hydrogens (tertiary/aromatic N) is 2. The van der Waals surface area contributed by atoms with E-state index in [1.165, 1.54) is 36.5 Å². The molecule has 5 nitrogen and oxygen atoms in total. The van der Waals surface area contributed by atoms with E-state index in [2.05, 4.69) is 10.3 Å². The van der Waals surface area contributed by atoms with Gasteiger partial charge in [-0.2, -0.15) is 0 Å². The van der Waals surface area contributed by atoms with E-state index >= 15 is 0 Å². The van der Waals surface area contributed by atoms with Crippen molar-refractivity contribution in [1.82, 2.24) is 9.88 Å². The highest BCUT2D eigenvalue weighted by molar-refractivity contribution is 6.05. The van der Waals surface area contributed by atoms with Crippen LogP contribution in [0.4, 0.5) is 10.1 Å². The topological polar surface area (TPSA) is 62.3 Å². The van der Waals surface area contributed by atoms with E-state index in [1.807, 2.05) is 6.92 Å². The number of nitrogens with one attached hydrogen (secondary N) is 1. The van der Waals surface area contributed by atoms with Gasteiger partial charge in [0.1, 0.15) is 11.5 Å². The van der Waals surface area contributed by atoms with Gasteiger partial charge in [-0.3, -0.25) is 14.6 Å². The lowest BCUT2D eigenvalue weighted by Gasteiger charge is -2.16. The maximum Gasteiger partial charge on any atom is 0.272 e. The third-order valence-electron chi connectivity index (χ3n) is 3.52. The zero-order valence-corrected chi connectivity index (χ0v) is 13.8. The van der Waals surface area contributed by atoms with Crippen LogP contribution in [-0.2, 0) is 0 Å². The van der Waals surface area contributed by atoms with E-state index in [1.54, 1.807) is 18.0 Å². The Labute approximate surface area is 140 Å². The molecule has 1 heterocycles. The van der Waals surface area contributed by atoms with Crippen molar-refractivity contribution in [1.29, 1.82) is 0 Å². The molecule has 0 saturated heterocycles. The molecule has 2 rings (SSSR count). The number of rotatable bonds is 6. The van der Waals surface area contributed by atoms with Crippen LogP contribution in [0.5, 0.6) is 0 Å². The highest BCUT2D eigenvalue weighted by Gasteiger charge is 2.15. The normalized spacial score (nSPS) is 10.3. The Hall–Kier alpha value is -2.76. The Morgan fingerprint density at radius 2 is 2.04 bits per heavy atom. The Balaban J connectivity index is 2.11. The average molecular weight is 329 g/mol. The minimum Gasteiger partial charge on any atom is -0.340 e. The van der Waals surface area contributed by atoms with Crippen molar-refractivity contribution < 1.29 is 14.0 Å². The van der Waals surface area contributed by atoms with Crippen molar-refractivity contribution in [2.45, 2.75) is 19.8 Å². The molecule has 24 heavy (non-hydrogen) atoms. The van der Waals surface area contributed by atoms with E-state index in [0.29, 0.717) is 17.8 Å². The highest BCUT2D eigenvalue weighted by Crippen LogP contribution is 2.12. The number of pyridine rings is 1. The predicted molar refractivity (Wildman–Crippen MR) is 90.5 cm³/mol. The maximum atomic E-state index is 13.2. The molecule has 2 aromatic rings. The minimum atomic E-state index is -0.434. The van der Waals surface area contributed by atoms with Crippen LogP contribution in [0.2, 0.25) is 0 Å². The number of anilines is 1. The summed E-state index contributed by atoms with van der Waals surface area (Å²) in [5, 5.41) is 2.60. The van der Waals surface area contributed by atoms with Gasteiger partial charge in [0.15, 0.2) is 0 Å². The summed E-state index contributed by atoms with van der Waals surface area (Å²) < 4.78 is 13.2. The van der Waals surface area contributed by atoms with Crippen molar-refractivity contribution in [3.05, 3.63) is 59.7 Å². The van der Waals surface area contributed by atoms with Gasteiger partial charge in [0.25, 0.3) is 11.8 Å². The first kappa shape index (κ1) is 17.6. The van der Waals surface area contributed by atoms with Crippen LogP contribution < -0.4 is 5.32 Å². The number of benzene rings is 1. The summed E-state index contributed by atoms with van der Waals surface area (Å²) in [5.41, 5.74) is 0.853. The van der Waals surface area contributed by atoms with E-state index < -0.39 is 11.7 Å². The molecule has 0 bridgehead atoms. The number of unbranched alkanes of at least 4 members (excludes halogenated alkanes) is 1. The molecule has 1 aromatic carbocycles. The number of hydrogen-bond acceptors (Lipinski definition) is 3. The zero-order valence-electron chi connectivity index (χ0n) is 13.8. The molecule has 0 saturated carbocycles. The van der Waals surface area contributed by atoms with Crippen molar-refractivity contribution in [2.24, 2.45) is 0 Å². The van der Waals surface area contributed by atoms with Gasteiger partial charge in [0.2, 0.25) is 0 Å². The molecule has 126 valence electrons. The van der Waals surface area contributed by atoms with E-state index in [-0.39, 0.29) is 11.6 Å². The molecule has 0 fully saturated rings. The number of carbonyl (C=O) groups is 2.